The van der Waals surface area contributed by atoms with Gasteiger partial charge >= 0.3 is 0 Å². The molecule has 2 aromatic rings. The number of nitrogens with zero attached hydrogens (tertiary/aromatic N) is 1. The molecule has 2 N–H and O–H groups in total. The van der Waals surface area contributed by atoms with Crippen LogP contribution in [0, 0.1) is 20.8 Å². The fourth-order valence-electron chi connectivity index (χ4n) is 2.09. The number of phenols is 1. The van der Waals surface area contributed by atoms with Crippen molar-refractivity contribution < 1.29 is 14.6 Å². The molecule has 0 spiro atoms. The van der Waals surface area contributed by atoms with E-state index in [0.29, 0.717) is 11.3 Å². The molecule has 0 aliphatic rings. The average molecular weight is 391 g/mol. The van der Waals surface area contributed by atoms with Gasteiger partial charge in [0, 0.05) is 10.0 Å². The maximum atomic E-state index is 11.8. The Bertz CT molecular complexity index is 788. The van der Waals surface area contributed by atoms with E-state index in [0.717, 1.165) is 21.2 Å². The van der Waals surface area contributed by atoms with Crippen LogP contribution in [0.3, 0.4) is 0 Å². The summed E-state index contributed by atoms with van der Waals surface area (Å²) in [4.78, 5) is 11.8. The van der Waals surface area contributed by atoms with Crippen LogP contribution in [0.25, 0.3) is 0 Å². The molecule has 0 saturated heterocycles. The van der Waals surface area contributed by atoms with Gasteiger partial charge in [-0.3, -0.25) is 4.79 Å². The zero-order valence-corrected chi connectivity index (χ0v) is 15.3. The second-order valence-electron chi connectivity index (χ2n) is 5.44. The summed E-state index contributed by atoms with van der Waals surface area (Å²) in [5.41, 5.74) is 5.72. The lowest BCUT2D eigenvalue weighted by atomic mass is 10.1. The van der Waals surface area contributed by atoms with Gasteiger partial charge in [0.2, 0.25) is 0 Å². The third-order valence-corrected chi connectivity index (χ3v) is 4.06. The van der Waals surface area contributed by atoms with E-state index in [9.17, 15) is 9.90 Å². The SMILES string of the molecule is Cc1cccc(OCC(=O)NN=Cc2cc(Br)cc(C)c2O)c1C. The lowest BCUT2D eigenvalue weighted by Gasteiger charge is -2.09. The highest BCUT2D eigenvalue weighted by atomic mass is 79.9. The number of hydrogen-bond acceptors (Lipinski definition) is 4. The Hall–Kier alpha value is -2.34. The molecule has 2 rings (SSSR count). The second kappa shape index (κ2) is 7.97. The monoisotopic (exact) mass is 390 g/mol. The second-order valence-corrected chi connectivity index (χ2v) is 6.36. The largest absolute Gasteiger partial charge is 0.507 e. The van der Waals surface area contributed by atoms with Crippen molar-refractivity contribution in [3.8, 4) is 11.5 Å². The van der Waals surface area contributed by atoms with Crippen LogP contribution in [0.1, 0.15) is 22.3 Å². The highest BCUT2D eigenvalue weighted by Crippen LogP contribution is 2.25. The van der Waals surface area contributed by atoms with E-state index in [1.807, 2.05) is 32.0 Å². The number of amides is 1. The number of nitrogens with one attached hydrogen (secondary N) is 1. The van der Waals surface area contributed by atoms with Crippen LogP contribution in [-0.2, 0) is 4.79 Å². The number of rotatable bonds is 5. The number of hydrogen-bond donors (Lipinski definition) is 2. The molecule has 6 heteroatoms. The Kier molecular flexibility index (Phi) is 5.98. The van der Waals surface area contributed by atoms with Crippen LogP contribution in [0.15, 0.2) is 39.9 Å². The fourth-order valence-corrected chi connectivity index (χ4v) is 2.68. The number of phenolic OH excluding ortho intramolecular Hbond substituents is 1. The highest BCUT2D eigenvalue weighted by Gasteiger charge is 2.06. The Morgan fingerprint density at radius 2 is 2.04 bits per heavy atom. The maximum absolute atomic E-state index is 11.8. The van der Waals surface area contributed by atoms with Crippen LogP contribution in [0.4, 0.5) is 0 Å². The molecule has 0 saturated carbocycles. The van der Waals surface area contributed by atoms with Crippen molar-refractivity contribution in [3.63, 3.8) is 0 Å². The predicted molar refractivity (Wildman–Crippen MR) is 97.7 cm³/mol. The quantitative estimate of drug-likeness (QED) is 0.604. The van der Waals surface area contributed by atoms with E-state index < -0.39 is 0 Å². The number of carbonyl (C=O) groups is 1. The first-order chi connectivity index (χ1) is 11.4. The summed E-state index contributed by atoms with van der Waals surface area (Å²) in [6.07, 6.45) is 1.39. The van der Waals surface area contributed by atoms with Crippen LogP contribution < -0.4 is 10.2 Å². The van der Waals surface area contributed by atoms with Crippen LogP contribution >= 0.6 is 15.9 Å². The minimum Gasteiger partial charge on any atom is -0.507 e. The van der Waals surface area contributed by atoms with E-state index in [1.54, 1.807) is 19.1 Å². The van der Waals surface area contributed by atoms with Gasteiger partial charge in [-0.1, -0.05) is 28.1 Å². The van der Waals surface area contributed by atoms with Crippen LogP contribution in [0.5, 0.6) is 11.5 Å². The molecule has 126 valence electrons. The number of aryl methyl sites for hydroxylation is 2. The Labute approximate surface area is 149 Å². The van der Waals surface area contributed by atoms with Gasteiger partial charge in [0.25, 0.3) is 5.91 Å². The smallest absolute Gasteiger partial charge is 0.277 e. The summed E-state index contributed by atoms with van der Waals surface area (Å²) >= 11 is 3.35. The van der Waals surface area contributed by atoms with Gasteiger partial charge < -0.3 is 9.84 Å². The first kappa shape index (κ1) is 18.0. The Balaban J connectivity index is 1.93. The summed E-state index contributed by atoms with van der Waals surface area (Å²) in [5.74, 6) is 0.426. The van der Waals surface area contributed by atoms with E-state index in [4.69, 9.17) is 4.74 Å². The average Bonchev–Trinajstić information content (AvgIpc) is 2.53. The molecule has 0 aromatic heterocycles. The van der Waals surface area contributed by atoms with Gasteiger partial charge in [0.05, 0.1) is 6.21 Å². The number of ether oxygens (including phenoxy) is 1. The molecule has 0 fully saturated rings. The molecule has 0 aliphatic carbocycles. The third kappa shape index (κ3) is 4.58. The van der Waals surface area contributed by atoms with Gasteiger partial charge in [0.1, 0.15) is 11.5 Å². The molecule has 0 heterocycles. The van der Waals surface area contributed by atoms with Crippen molar-refractivity contribution in [1.29, 1.82) is 0 Å². The summed E-state index contributed by atoms with van der Waals surface area (Å²) in [5, 5.41) is 13.8. The molecule has 0 unspecified atom stereocenters. The molecular formula is C18H19BrN2O3. The van der Waals surface area contributed by atoms with E-state index in [1.165, 1.54) is 6.21 Å². The number of aromatic hydroxyl groups is 1. The van der Waals surface area contributed by atoms with Crippen LogP contribution in [0.2, 0.25) is 0 Å². The Morgan fingerprint density at radius 1 is 1.29 bits per heavy atom. The maximum Gasteiger partial charge on any atom is 0.277 e. The zero-order chi connectivity index (χ0) is 17.7. The molecule has 0 bridgehead atoms. The van der Waals surface area contributed by atoms with Gasteiger partial charge in [0.15, 0.2) is 6.61 Å². The van der Waals surface area contributed by atoms with Crippen molar-refractivity contribution in [3.05, 3.63) is 57.1 Å². The van der Waals surface area contributed by atoms with Gasteiger partial charge in [-0.25, -0.2) is 5.43 Å². The number of carbonyl (C=O) groups excluding carboxylic acids is 1. The standard InChI is InChI=1S/C18H19BrN2O3/c1-11-5-4-6-16(13(11)3)24-10-17(22)21-20-9-14-8-15(19)7-12(2)18(14)23/h4-9,23H,10H2,1-3H3,(H,21,22). The summed E-state index contributed by atoms with van der Waals surface area (Å²) in [6.45, 7) is 5.58. The van der Waals surface area contributed by atoms with Crippen molar-refractivity contribution in [2.24, 2.45) is 5.10 Å². The van der Waals surface area contributed by atoms with Crippen molar-refractivity contribution in [2.75, 3.05) is 6.61 Å². The first-order valence-corrected chi connectivity index (χ1v) is 8.18. The molecule has 0 radical (unpaired) electrons. The molecule has 5 nitrogen and oxygen atoms in total. The van der Waals surface area contributed by atoms with E-state index >= 15 is 0 Å². The van der Waals surface area contributed by atoms with Crippen molar-refractivity contribution in [2.45, 2.75) is 20.8 Å². The minimum absolute atomic E-state index is 0.128. The molecule has 0 aliphatic heterocycles. The molecule has 1 amide bonds. The first-order valence-electron chi connectivity index (χ1n) is 7.38. The molecule has 0 atom stereocenters. The zero-order valence-electron chi connectivity index (χ0n) is 13.8. The summed E-state index contributed by atoms with van der Waals surface area (Å²) in [6, 6.07) is 9.19. The van der Waals surface area contributed by atoms with Gasteiger partial charge in [-0.2, -0.15) is 5.10 Å². The Morgan fingerprint density at radius 3 is 2.79 bits per heavy atom. The molecule has 2 aromatic carbocycles. The van der Waals surface area contributed by atoms with Crippen LogP contribution in [-0.4, -0.2) is 23.8 Å². The van der Waals surface area contributed by atoms with Crippen molar-refractivity contribution >= 4 is 28.1 Å². The predicted octanol–water partition coefficient (Wildman–Crippen LogP) is 3.61. The molecule has 24 heavy (non-hydrogen) atoms. The van der Waals surface area contributed by atoms with Gasteiger partial charge in [-0.15, -0.1) is 0 Å². The highest BCUT2D eigenvalue weighted by molar-refractivity contribution is 9.10. The topological polar surface area (TPSA) is 70.9 Å². The fraction of sp³-hybridized carbons (Fsp3) is 0.222. The minimum atomic E-state index is -0.377. The number of halogens is 1. The lowest BCUT2D eigenvalue weighted by molar-refractivity contribution is -0.123. The van der Waals surface area contributed by atoms with E-state index in [-0.39, 0.29) is 18.3 Å². The summed E-state index contributed by atoms with van der Waals surface area (Å²) < 4.78 is 6.32. The third-order valence-electron chi connectivity index (χ3n) is 3.60. The lowest BCUT2D eigenvalue weighted by Crippen LogP contribution is -2.24. The van der Waals surface area contributed by atoms with Gasteiger partial charge in [-0.05, 0) is 55.7 Å². The normalized spacial score (nSPS) is 10.8. The summed E-state index contributed by atoms with van der Waals surface area (Å²) in [7, 11) is 0. The van der Waals surface area contributed by atoms with E-state index in [2.05, 4.69) is 26.5 Å². The van der Waals surface area contributed by atoms with Crippen molar-refractivity contribution in [1.82, 2.24) is 5.43 Å². The molecular weight excluding hydrogens is 372 g/mol. The number of hydrazone groups is 1. The number of benzene rings is 2.